The number of hydrogen-bond acceptors (Lipinski definition) is 3. The van der Waals surface area contributed by atoms with E-state index in [9.17, 15) is 4.79 Å². The highest BCUT2D eigenvalue weighted by Gasteiger charge is 2.04. The molecule has 0 spiro atoms. The third-order valence-electron chi connectivity index (χ3n) is 3.54. The van der Waals surface area contributed by atoms with Gasteiger partial charge in [0.25, 0.3) is 0 Å². The van der Waals surface area contributed by atoms with E-state index in [0.29, 0.717) is 11.8 Å². The van der Waals surface area contributed by atoms with Crippen molar-refractivity contribution in [2.75, 3.05) is 7.11 Å². The van der Waals surface area contributed by atoms with Gasteiger partial charge in [-0.05, 0) is 41.6 Å². The highest BCUT2D eigenvalue weighted by atomic mass is 16.5. The van der Waals surface area contributed by atoms with Crippen molar-refractivity contribution in [2.24, 2.45) is 0 Å². The summed E-state index contributed by atoms with van der Waals surface area (Å²) >= 11 is 0. The smallest absolute Gasteiger partial charge is 0.343 e. The van der Waals surface area contributed by atoms with Gasteiger partial charge in [0.15, 0.2) is 0 Å². The SMILES string of the molecule is COc1ccc(CCc2cc3ccccc3c(=O)o2)cc1. The van der Waals surface area contributed by atoms with Gasteiger partial charge in [-0.1, -0.05) is 30.3 Å². The van der Waals surface area contributed by atoms with Crippen LogP contribution in [0, 0.1) is 0 Å². The molecule has 1 heterocycles. The van der Waals surface area contributed by atoms with Crippen LogP contribution in [0.3, 0.4) is 0 Å². The maximum Gasteiger partial charge on any atom is 0.343 e. The third-order valence-corrected chi connectivity index (χ3v) is 3.54. The van der Waals surface area contributed by atoms with Crippen LogP contribution < -0.4 is 10.4 Å². The van der Waals surface area contributed by atoms with Crippen LogP contribution in [-0.2, 0) is 12.8 Å². The first kappa shape index (κ1) is 13.4. The molecule has 0 saturated heterocycles. The molecule has 0 aliphatic carbocycles. The predicted molar refractivity (Wildman–Crippen MR) is 82.9 cm³/mol. The molecular formula is C18H16O3. The summed E-state index contributed by atoms with van der Waals surface area (Å²) in [5.74, 6) is 1.56. The van der Waals surface area contributed by atoms with Crippen LogP contribution in [-0.4, -0.2) is 7.11 Å². The molecule has 0 fully saturated rings. The normalized spacial score (nSPS) is 10.7. The predicted octanol–water partition coefficient (Wildman–Crippen LogP) is 3.59. The molecular weight excluding hydrogens is 264 g/mol. The molecule has 21 heavy (non-hydrogen) atoms. The fraction of sp³-hybridized carbons (Fsp3) is 0.167. The van der Waals surface area contributed by atoms with Crippen molar-refractivity contribution in [3.63, 3.8) is 0 Å². The summed E-state index contributed by atoms with van der Waals surface area (Å²) in [5.41, 5.74) is 0.921. The molecule has 0 saturated carbocycles. The van der Waals surface area contributed by atoms with Crippen molar-refractivity contribution < 1.29 is 9.15 Å². The minimum absolute atomic E-state index is 0.266. The Morgan fingerprint density at radius 2 is 1.76 bits per heavy atom. The van der Waals surface area contributed by atoms with Gasteiger partial charge in [-0.2, -0.15) is 0 Å². The lowest BCUT2D eigenvalue weighted by Crippen LogP contribution is -2.03. The van der Waals surface area contributed by atoms with E-state index in [1.165, 1.54) is 5.56 Å². The highest BCUT2D eigenvalue weighted by Crippen LogP contribution is 2.15. The lowest BCUT2D eigenvalue weighted by atomic mass is 10.1. The molecule has 3 nitrogen and oxygen atoms in total. The van der Waals surface area contributed by atoms with E-state index in [4.69, 9.17) is 9.15 Å². The minimum Gasteiger partial charge on any atom is -0.497 e. The molecule has 0 N–H and O–H groups in total. The van der Waals surface area contributed by atoms with Gasteiger partial charge in [0.1, 0.15) is 11.5 Å². The zero-order valence-corrected chi connectivity index (χ0v) is 11.8. The molecule has 0 radical (unpaired) electrons. The summed E-state index contributed by atoms with van der Waals surface area (Å²) in [6.45, 7) is 0. The zero-order chi connectivity index (χ0) is 14.7. The number of fused-ring (bicyclic) bond motifs is 1. The van der Waals surface area contributed by atoms with E-state index in [-0.39, 0.29) is 5.63 Å². The Kier molecular flexibility index (Phi) is 3.73. The Hall–Kier alpha value is -2.55. The number of rotatable bonds is 4. The van der Waals surface area contributed by atoms with Gasteiger partial charge >= 0.3 is 5.63 Å². The first-order valence-corrected chi connectivity index (χ1v) is 6.91. The van der Waals surface area contributed by atoms with Gasteiger partial charge in [-0.25, -0.2) is 4.79 Å². The van der Waals surface area contributed by atoms with E-state index in [1.807, 2.05) is 48.5 Å². The van der Waals surface area contributed by atoms with Crippen LogP contribution in [0.1, 0.15) is 11.3 Å². The van der Waals surface area contributed by atoms with Crippen molar-refractivity contribution in [3.05, 3.63) is 76.3 Å². The topological polar surface area (TPSA) is 39.4 Å². The summed E-state index contributed by atoms with van der Waals surface area (Å²) in [7, 11) is 1.65. The summed E-state index contributed by atoms with van der Waals surface area (Å²) in [5, 5.41) is 1.56. The summed E-state index contributed by atoms with van der Waals surface area (Å²) < 4.78 is 10.5. The van der Waals surface area contributed by atoms with Gasteiger partial charge in [0.05, 0.1) is 12.5 Å². The largest absolute Gasteiger partial charge is 0.497 e. The van der Waals surface area contributed by atoms with Gasteiger partial charge < -0.3 is 9.15 Å². The molecule has 0 amide bonds. The molecule has 0 bridgehead atoms. The Bertz CT molecular complexity index is 801. The van der Waals surface area contributed by atoms with Crippen LogP contribution >= 0.6 is 0 Å². The standard InChI is InChI=1S/C18H16O3/c1-20-15-9-6-13(7-10-15)8-11-16-12-14-4-2-3-5-17(14)18(19)21-16/h2-7,9-10,12H,8,11H2,1H3. The molecule has 0 aliphatic heterocycles. The maximum atomic E-state index is 11.9. The lowest BCUT2D eigenvalue weighted by molar-refractivity contribution is 0.414. The monoisotopic (exact) mass is 280 g/mol. The number of benzene rings is 2. The minimum atomic E-state index is -0.266. The second kappa shape index (κ2) is 5.83. The van der Waals surface area contributed by atoms with Crippen molar-refractivity contribution >= 4 is 10.8 Å². The van der Waals surface area contributed by atoms with Crippen molar-refractivity contribution in [1.82, 2.24) is 0 Å². The molecule has 0 atom stereocenters. The van der Waals surface area contributed by atoms with Gasteiger partial charge in [-0.3, -0.25) is 0 Å². The molecule has 0 aliphatic rings. The molecule has 1 aromatic heterocycles. The molecule has 106 valence electrons. The molecule has 2 aromatic carbocycles. The Morgan fingerprint density at radius 3 is 2.52 bits per heavy atom. The number of aryl methyl sites for hydroxylation is 2. The molecule has 3 aromatic rings. The van der Waals surface area contributed by atoms with E-state index in [1.54, 1.807) is 13.2 Å². The number of ether oxygens (including phenoxy) is 1. The van der Waals surface area contributed by atoms with Crippen molar-refractivity contribution in [1.29, 1.82) is 0 Å². The highest BCUT2D eigenvalue weighted by molar-refractivity contribution is 5.81. The molecule has 0 unspecified atom stereocenters. The molecule has 3 rings (SSSR count). The fourth-order valence-corrected chi connectivity index (χ4v) is 2.37. The summed E-state index contributed by atoms with van der Waals surface area (Å²) in [6.07, 6.45) is 1.53. The van der Waals surface area contributed by atoms with E-state index in [2.05, 4.69) is 0 Å². The van der Waals surface area contributed by atoms with Crippen LogP contribution in [0.5, 0.6) is 5.75 Å². The van der Waals surface area contributed by atoms with Crippen LogP contribution in [0.4, 0.5) is 0 Å². The Labute approximate surface area is 122 Å². The number of hydrogen-bond donors (Lipinski definition) is 0. The van der Waals surface area contributed by atoms with Crippen LogP contribution in [0.2, 0.25) is 0 Å². The van der Waals surface area contributed by atoms with E-state index >= 15 is 0 Å². The maximum absolute atomic E-state index is 11.9. The Balaban J connectivity index is 1.80. The second-order valence-corrected chi connectivity index (χ2v) is 4.94. The van der Waals surface area contributed by atoms with Crippen molar-refractivity contribution in [3.8, 4) is 5.75 Å². The second-order valence-electron chi connectivity index (χ2n) is 4.94. The lowest BCUT2D eigenvalue weighted by Gasteiger charge is -2.04. The third kappa shape index (κ3) is 2.97. The first-order valence-electron chi connectivity index (χ1n) is 6.91. The molecule has 3 heteroatoms. The van der Waals surface area contributed by atoms with Crippen molar-refractivity contribution in [2.45, 2.75) is 12.8 Å². The van der Waals surface area contributed by atoms with Crippen LogP contribution in [0.25, 0.3) is 10.8 Å². The first-order chi connectivity index (χ1) is 10.3. The Morgan fingerprint density at radius 1 is 1.00 bits per heavy atom. The quantitative estimate of drug-likeness (QED) is 0.733. The van der Waals surface area contributed by atoms with E-state index in [0.717, 1.165) is 23.3 Å². The average molecular weight is 280 g/mol. The van der Waals surface area contributed by atoms with Gasteiger partial charge in [-0.15, -0.1) is 0 Å². The summed E-state index contributed by atoms with van der Waals surface area (Å²) in [4.78, 5) is 11.9. The van der Waals surface area contributed by atoms with Crippen LogP contribution in [0.15, 0.2) is 63.8 Å². The van der Waals surface area contributed by atoms with E-state index < -0.39 is 0 Å². The zero-order valence-electron chi connectivity index (χ0n) is 11.8. The number of methoxy groups -OCH3 is 1. The van der Waals surface area contributed by atoms with Gasteiger partial charge in [0, 0.05) is 6.42 Å². The fourth-order valence-electron chi connectivity index (χ4n) is 2.37. The average Bonchev–Trinajstić information content (AvgIpc) is 2.53. The van der Waals surface area contributed by atoms with Gasteiger partial charge in [0.2, 0.25) is 0 Å². The summed E-state index contributed by atoms with van der Waals surface area (Å²) in [6, 6.07) is 17.4.